The number of rotatable bonds is 1. The fraction of sp³-hybridized carbons (Fsp3) is 0.857. The first-order valence-corrected chi connectivity index (χ1v) is 6.78. The third kappa shape index (κ3) is 1.52. The molecule has 3 rings (SSSR count). The molecule has 0 bridgehead atoms. The minimum Gasteiger partial charge on any atom is -0.364 e. The molecule has 2 N–H and O–H groups in total. The van der Waals surface area contributed by atoms with Crippen LogP contribution in [-0.4, -0.2) is 39.5 Å². The number of nitrogens with zero attached hydrogens (tertiary/aromatic N) is 1. The highest BCUT2D eigenvalue weighted by Gasteiger charge is 2.73. The predicted molar refractivity (Wildman–Crippen MR) is 68.5 cm³/mol. The molecule has 2 aliphatic heterocycles. The largest absolute Gasteiger partial charge is 0.364 e. The van der Waals surface area contributed by atoms with Crippen molar-refractivity contribution in [3.05, 3.63) is 12.2 Å². The molecule has 0 amide bonds. The van der Waals surface area contributed by atoms with Crippen molar-refractivity contribution in [1.29, 1.82) is 0 Å². The van der Waals surface area contributed by atoms with Crippen molar-refractivity contribution < 1.29 is 10.2 Å². The molecule has 1 aliphatic carbocycles. The SMILES string of the molecule is C=C1CN2CCC3(CC3)C2(C(C)(O)O)C1.CC. The lowest BCUT2D eigenvalue weighted by molar-refractivity contribution is -0.236. The quantitative estimate of drug-likeness (QED) is 0.542. The molecule has 0 aromatic rings. The van der Waals surface area contributed by atoms with Gasteiger partial charge in [0.25, 0.3) is 0 Å². The molecule has 3 aliphatic rings. The van der Waals surface area contributed by atoms with E-state index in [1.165, 1.54) is 0 Å². The molecule has 3 nitrogen and oxygen atoms in total. The first kappa shape index (κ1) is 13.1. The Kier molecular flexibility index (Phi) is 2.92. The normalized spacial score (nSPS) is 34.5. The van der Waals surface area contributed by atoms with Gasteiger partial charge in [-0.15, -0.1) is 0 Å². The van der Waals surface area contributed by atoms with E-state index in [0.717, 1.165) is 44.3 Å². The Bertz CT molecular complexity index is 328. The maximum absolute atomic E-state index is 10.1. The first-order valence-electron chi connectivity index (χ1n) is 6.78. The summed E-state index contributed by atoms with van der Waals surface area (Å²) in [6.45, 7) is 11.4. The van der Waals surface area contributed by atoms with E-state index >= 15 is 0 Å². The average molecular weight is 239 g/mol. The van der Waals surface area contributed by atoms with Crippen LogP contribution in [0.3, 0.4) is 0 Å². The Balaban J connectivity index is 0.000000514. The second-order valence-electron chi connectivity index (χ2n) is 5.76. The maximum atomic E-state index is 10.1. The third-order valence-corrected chi connectivity index (χ3v) is 4.83. The molecule has 2 heterocycles. The summed E-state index contributed by atoms with van der Waals surface area (Å²) in [6.07, 6.45) is 4.18. The van der Waals surface area contributed by atoms with Crippen molar-refractivity contribution in [2.45, 2.75) is 57.8 Å². The van der Waals surface area contributed by atoms with Gasteiger partial charge in [0.2, 0.25) is 0 Å². The summed E-state index contributed by atoms with van der Waals surface area (Å²) in [5.41, 5.74) is 0.886. The lowest BCUT2D eigenvalue weighted by atomic mass is 9.73. The van der Waals surface area contributed by atoms with Crippen molar-refractivity contribution in [3.8, 4) is 0 Å². The van der Waals surface area contributed by atoms with Crippen LogP contribution < -0.4 is 0 Å². The van der Waals surface area contributed by atoms with E-state index in [0.29, 0.717) is 0 Å². The van der Waals surface area contributed by atoms with E-state index in [4.69, 9.17) is 0 Å². The van der Waals surface area contributed by atoms with Crippen LogP contribution in [0.15, 0.2) is 12.2 Å². The number of fused-ring (bicyclic) bond motifs is 2. The topological polar surface area (TPSA) is 43.7 Å². The van der Waals surface area contributed by atoms with Crippen LogP contribution in [0.5, 0.6) is 0 Å². The molecular formula is C14H25NO2. The van der Waals surface area contributed by atoms with Crippen molar-refractivity contribution in [1.82, 2.24) is 4.90 Å². The Morgan fingerprint density at radius 3 is 2.29 bits per heavy atom. The lowest BCUT2D eigenvalue weighted by Crippen LogP contribution is -2.61. The highest BCUT2D eigenvalue weighted by Crippen LogP contribution is 2.68. The highest BCUT2D eigenvalue weighted by atomic mass is 16.5. The summed E-state index contributed by atoms with van der Waals surface area (Å²) in [5, 5.41) is 20.3. The van der Waals surface area contributed by atoms with Gasteiger partial charge in [0.1, 0.15) is 0 Å². The van der Waals surface area contributed by atoms with Crippen LogP contribution >= 0.6 is 0 Å². The molecule has 0 radical (unpaired) electrons. The molecule has 0 aromatic carbocycles. The Morgan fingerprint density at radius 1 is 1.24 bits per heavy atom. The molecule has 98 valence electrons. The van der Waals surface area contributed by atoms with E-state index < -0.39 is 11.3 Å². The summed E-state index contributed by atoms with van der Waals surface area (Å²) in [4.78, 5) is 2.25. The zero-order valence-corrected chi connectivity index (χ0v) is 11.3. The van der Waals surface area contributed by atoms with Gasteiger partial charge < -0.3 is 10.2 Å². The van der Waals surface area contributed by atoms with Crippen molar-refractivity contribution in [3.63, 3.8) is 0 Å². The van der Waals surface area contributed by atoms with Gasteiger partial charge in [-0.2, -0.15) is 0 Å². The van der Waals surface area contributed by atoms with Crippen LogP contribution in [0.25, 0.3) is 0 Å². The molecule has 1 spiro atoms. The summed E-state index contributed by atoms with van der Waals surface area (Å²) in [7, 11) is 0. The molecule has 3 heteroatoms. The first-order chi connectivity index (χ1) is 7.91. The standard InChI is InChI=1S/C12H19NO2.C2H6/c1-9-7-12(10(2,14)15)11(3-4-11)5-6-13(12)8-9;1-2/h14-15H,1,3-8H2,2H3;1-2H3. The van der Waals surface area contributed by atoms with Crippen molar-refractivity contribution in [2.24, 2.45) is 5.41 Å². The van der Waals surface area contributed by atoms with E-state index in [-0.39, 0.29) is 5.41 Å². The lowest BCUT2D eigenvalue weighted by Gasteiger charge is -2.45. The van der Waals surface area contributed by atoms with Gasteiger partial charge in [-0.3, -0.25) is 4.90 Å². The Labute approximate surface area is 104 Å². The number of hydrogen-bond donors (Lipinski definition) is 2. The van der Waals surface area contributed by atoms with Crippen LogP contribution in [0, 0.1) is 5.41 Å². The van der Waals surface area contributed by atoms with Gasteiger partial charge in [0.05, 0.1) is 5.54 Å². The van der Waals surface area contributed by atoms with Gasteiger partial charge >= 0.3 is 0 Å². The van der Waals surface area contributed by atoms with Crippen LogP contribution in [0.2, 0.25) is 0 Å². The fourth-order valence-corrected chi connectivity index (χ4v) is 4.07. The molecular weight excluding hydrogens is 214 g/mol. The molecule has 1 atom stereocenters. The molecule has 2 saturated heterocycles. The van der Waals surface area contributed by atoms with Crippen LogP contribution in [0.1, 0.15) is 46.5 Å². The molecule has 1 unspecified atom stereocenters. The molecule has 17 heavy (non-hydrogen) atoms. The average Bonchev–Trinajstić information content (AvgIpc) is 2.87. The van der Waals surface area contributed by atoms with Crippen LogP contribution in [-0.2, 0) is 0 Å². The molecule has 3 fully saturated rings. The third-order valence-electron chi connectivity index (χ3n) is 4.83. The van der Waals surface area contributed by atoms with E-state index in [1.54, 1.807) is 6.92 Å². The fourth-order valence-electron chi connectivity index (χ4n) is 4.07. The van der Waals surface area contributed by atoms with Gasteiger partial charge in [0.15, 0.2) is 5.79 Å². The predicted octanol–water partition coefficient (Wildman–Crippen LogP) is 1.90. The van der Waals surface area contributed by atoms with E-state index in [9.17, 15) is 10.2 Å². The van der Waals surface area contributed by atoms with Crippen LogP contribution in [0.4, 0.5) is 0 Å². The van der Waals surface area contributed by atoms with Gasteiger partial charge in [0, 0.05) is 6.54 Å². The second-order valence-corrected chi connectivity index (χ2v) is 5.76. The second kappa shape index (κ2) is 3.81. The summed E-state index contributed by atoms with van der Waals surface area (Å²) in [5.74, 6) is -1.60. The number of aliphatic hydroxyl groups is 2. The maximum Gasteiger partial charge on any atom is 0.179 e. The zero-order chi connectivity index (χ0) is 12.9. The highest BCUT2D eigenvalue weighted by molar-refractivity contribution is 5.31. The minimum atomic E-state index is -1.60. The van der Waals surface area contributed by atoms with E-state index in [1.807, 2.05) is 13.8 Å². The monoisotopic (exact) mass is 239 g/mol. The van der Waals surface area contributed by atoms with Crippen molar-refractivity contribution >= 4 is 0 Å². The van der Waals surface area contributed by atoms with Gasteiger partial charge in [-0.25, -0.2) is 0 Å². The minimum absolute atomic E-state index is 0.171. The zero-order valence-electron chi connectivity index (χ0n) is 11.3. The smallest absolute Gasteiger partial charge is 0.179 e. The summed E-state index contributed by atoms with van der Waals surface area (Å²) >= 11 is 0. The molecule has 1 saturated carbocycles. The Morgan fingerprint density at radius 2 is 1.82 bits per heavy atom. The van der Waals surface area contributed by atoms with Crippen molar-refractivity contribution in [2.75, 3.05) is 13.1 Å². The molecule has 0 aromatic heterocycles. The number of hydrogen-bond acceptors (Lipinski definition) is 3. The summed E-state index contributed by atoms with van der Waals surface area (Å²) in [6, 6.07) is 0. The summed E-state index contributed by atoms with van der Waals surface area (Å²) < 4.78 is 0. The Hall–Kier alpha value is -0.380. The van der Waals surface area contributed by atoms with E-state index in [2.05, 4.69) is 11.5 Å². The van der Waals surface area contributed by atoms with Gasteiger partial charge in [-0.1, -0.05) is 26.0 Å². The van der Waals surface area contributed by atoms with Gasteiger partial charge in [-0.05, 0) is 44.6 Å².